The topological polar surface area (TPSA) is 24.9 Å². The third kappa shape index (κ3) is 2.74. The zero-order valence-electron chi connectivity index (χ0n) is 10.0. The number of hydrogen-bond acceptors (Lipinski definition) is 3. The smallest absolute Gasteiger partial charge is 0.368 e. The predicted molar refractivity (Wildman–Crippen MR) is 67.8 cm³/mol. The molecule has 1 aromatic heterocycles. The van der Waals surface area contributed by atoms with Gasteiger partial charge in [0.25, 0.3) is 0 Å². The Labute approximate surface area is 108 Å². The van der Waals surface area contributed by atoms with Crippen LogP contribution in [0.25, 0.3) is 0 Å². The maximum absolute atomic E-state index is 12.8. The molecule has 1 heterocycles. The molecule has 1 aromatic rings. The van der Waals surface area contributed by atoms with Crippen molar-refractivity contribution in [2.75, 3.05) is 18.1 Å². The molecule has 0 radical (unpaired) electrons. The summed E-state index contributed by atoms with van der Waals surface area (Å²) in [4.78, 5) is 3.80. The fourth-order valence-electron chi connectivity index (χ4n) is 2.04. The highest BCUT2D eigenvalue weighted by Gasteiger charge is 2.38. The Kier molecular flexibility index (Phi) is 3.75. The van der Waals surface area contributed by atoms with E-state index in [1.165, 1.54) is 12.3 Å². The van der Waals surface area contributed by atoms with Gasteiger partial charge >= 0.3 is 6.18 Å². The summed E-state index contributed by atoms with van der Waals surface area (Å²) in [6, 6.07) is 2.36. The van der Waals surface area contributed by atoms with E-state index in [1.54, 1.807) is 11.8 Å². The van der Waals surface area contributed by atoms with Crippen LogP contribution in [0.3, 0.4) is 0 Å². The molecule has 0 unspecified atom stereocenters. The van der Waals surface area contributed by atoms with E-state index in [0.29, 0.717) is 6.54 Å². The molecule has 100 valence electrons. The SMILES string of the molecule is CSC1(CNc2ncccc2C(F)(F)F)CCC1. The maximum atomic E-state index is 12.8. The van der Waals surface area contributed by atoms with Crippen molar-refractivity contribution in [1.82, 2.24) is 4.98 Å². The van der Waals surface area contributed by atoms with E-state index in [0.717, 1.165) is 25.3 Å². The zero-order valence-corrected chi connectivity index (χ0v) is 10.9. The highest BCUT2D eigenvalue weighted by molar-refractivity contribution is 8.00. The normalized spacial score (nSPS) is 18.2. The number of thioether (sulfide) groups is 1. The van der Waals surface area contributed by atoms with Gasteiger partial charge in [-0.3, -0.25) is 0 Å². The Morgan fingerprint density at radius 2 is 2.17 bits per heavy atom. The van der Waals surface area contributed by atoms with Crippen molar-refractivity contribution in [3.63, 3.8) is 0 Å². The number of pyridine rings is 1. The van der Waals surface area contributed by atoms with Crippen molar-refractivity contribution in [2.45, 2.75) is 30.2 Å². The molecule has 1 aliphatic rings. The Hall–Kier alpha value is -0.910. The average Bonchev–Trinajstić information content (AvgIpc) is 2.27. The molecule has 0 aliphatic heterocycles. The first-order chi connectivity index (χ1) is 8.47. The lowest BCUT2D eigenvalue weighted by Crippen LogP contribution is -2.40. The molecule has 2 rings (SSSR count). The average molecular weight is 276 g/mol. The summed E-state index contributed by atoms with van der Waals surface area (Å²) in [5.74, 6) is -0.0645. The lowest BCUT2D eigenvalue weighted by atomic mass is 9.84. The van der Waals surface area contributed by atoms with Gasteiger partial charge in [-0.25, -0.2) is 4.98 Å². The summed E-state index contributed by atoms with van der Waals surface area (Å²) in [6.07, 6.45) is 2.28. The van der Waals surface area contributed by atoms with Crippen molar-refractivity contribution in [3.05, 3.63) is 23.9 Å². The number of hydrogen-bond donors (Lipinski definition) is 1. The van der Waals surface area contributed by atoms with Gasteiger partial charge < -0.3 is 5.32 Å². The van der Waals surface area contributed by atoms with Crippen molar-refractivity contribution in [2.24, 2.45) is 0 Å². The van der Waals surface area contributed by atoms with Crippen molar-refractivity contribution in [3.8, 4) is 0 Å². The molecule has 0 amide bonds. The molecule has 0 atom stereocenters. The molecule has 1 aliphatic carbocycles. The third-order valence-corrected chi connectivity index (χ3v) is 4.81. The number of alkyl halides is 3. The monoisotopic (exact) mass is 276 g/mol. The van der Waals surface area contributed by atoms with Gasteiger partial charge in [0.2, 0.25) is 0 Å². The number of nitrogens with one attached hydrogen (secondary N) is 1. The standard InChI is InChI=1S/C12H15F3N2S/c1-18-11(5-3-6-11)8-17-10-9(12(13,14)15)4-2-7-16-10/h2,4,7H,3,5-6,8H2,1H3,(H,16,17). The highest BCUT2D eigenvalue weighted by Crippen LogP contribution is 2.43. The summed E-state index contributed by atoms with van der Waals surface area (Å²) in [6.45, 7) is 0.536. The third-order valence-electron chi connectivity index (χ3n) is 3.39. The summed E-state index contributed by atoms with van der Waals surface area (Å²) in [5, 5.41) is 2.86. The Balaban J connectivity index is 2.10. The van der Waals surface area contributed by atoms with Crippen LogP contribution in [0, 0.1) is 0 Å². The number of halogens is 3. The van der Waals surface area contributed by atoms with Crippen LogP contribution in [-0.4, -0.2) is 22.5 Å². The molecule has 18 heavy (non-hydrogen) atoms. The highest BCUT2D eigenvalue weighted by atomic mass is 32.2. The van der Waals surface area contributed by atoms with E-state index in [9.17, 15) is 13.2 Å². The summed E-state index contributed by atoms with van der Waals surface area (Å²) in [7, 11) is 0. The van der Waals surface area contributed by atoms with E-state index in [2.05, 4.69) is 10.3 Å². The maximum Gasteiger partial charge on any atom is 0.419 e. The van der Waals surface area contributed by atoms with Crippen LogP contribution >= 0.6 is 11.8 Å². The number of anilines is 1. The van der Waals surface area contributed by atoms with E-state index < -0.39 is 11.7 Å². The summed E-state index contributed by atoms with van der Waals surface area (Å²) >= 11 is 1.72. The fourth-order valence-corrected chi connectivity index (χ4v) is 2.96. The van der Waals surface area contributed by atoms with Gasteiger partial charge in [0, 0.05) is 17.5 Å². The molecule has 0 bridgehead atoms. The van der Waals surface area contributed by atoms with Gasteiger partial charge in [-0.2, -0.15) is 24.9 Å². The van der Waals surface area contributed by atoms with Gasteiger partial charge in [-0.15, -0.1) is 0 Å². The largest absolute Gasteiger partial charge is 0.419 e. The van der Waals surface area contributed by atoms with Crippen LogP contribution in [0.2, 0.25) is 0 Å². The van der Waals surface area contributed by atoms with E-state index in [1.807, 2.05) is 6.26 Å². The minimum Gasteiger partial charge on any atom is -0.368 e. The lowest BCUT2D eigenvalue weighted by Gasteiger charge is -2.40. The minimum absolute atomic E-state index is 0.0645. The molecular weight excluding hydrogens is 261 g/mol. The van der Waals surface area contributed by atoms with Crippen LogP contribution in [0.1, 0.15) is 24.8 Å². The summed E-state index contributed by atoms with van der Waals surface area (Å²) < 4.78 is 38.4. The van der Waals surface area contributed by atoms with Gasteiger partial charge in [0.1, 0.15) is 5.82 Å². The van der Waals surface area contributed by atoms with Gasteiger partial charge in [-0.05, 0) is 31.2 Å². The first-order valence-corrected chi connectivity index (χ1v) is 7.01. The Morgan fingerprint density at radius 3 is 2.67 bits per heavy atom. The molecule has 1 fully saturated rings. The van der Waals surface area contributed by atoms with Crippen molar-refractivity contribution >= 4 is 17.6 Å². The molecule has 1 N–H and O–H groups in total. The van der Waals surface area contributed by atoms with Gasteiger partial charge in [0.05, 0.1) is 5.56 Å². The van der Waals surface area contributed by atoms with Crippen molar-refractivity contribution < 1.29 is 13.2 Å². The molecule has 1 saturated carbocycles. The Bertz CT molecular complexity index is 411. The second-order valence-electron chi connectivity index (χ2n) is 4.49. The number of rotatable bonds is 4. The number of nitrogens with zero attached hydrogens (tertiary/aromatic N) is 1. The molecule has 0 saturated heterocycles. The molecule has 0 aromatic carbocycles. The second-order valence-corrected chi connectivity index (χ2v) is 5.77. The summed E-state index contributed by atoms with van der Waals surface area (Å²) in [5.41, 5.74) is -0.694. The molecule has 2 nitrogen and oxygen atoms in total. The molecule has 0 spiro atoms. The first kappa shape index (κ1) is 13.5. The zero-order chi connectivity index (χ0) is 13.2. The molecular formula is C12H15F3N2S. The minimum atomic E-state index is -4.36. The van der Waals surface area contributed by atoms with Crippen LogP contribution < -0.4 is 5.32 Å². The predicted octanol–water partition coefficient (Wildman–Crippen LogP) is 3.80. The van der Waals surface area contributed by atoms with Gasteiger partial charge in [-0.1, -0.05) is 6.42 Å². The van der Waals surface area contributed by atoms with E-state index in [-0.39, 0.29) is 10.6 Å². The number of aromatic nitrogens is 1. The van der Waals surface area contributed by atoms with Crippen LogP contribution in [-0.2, 0) is 6.18 Å². The van der Waals surface area contributed by atoms with Crippen LogP contribution in [0.5, 0.6) is 0 Å². The van der Waals surface area contributed by atoms with Crippen molar-refractivity contribution in [1.29, 1.82) is 0 Å². The lowest BCUT2D eigenvalue weighted by molar-refractivity contribution is -0.137. The van der Waals surface area contributed by atoms with E-state index >= 15 is 0 Å². The van der Waals surface area contributed by atoms with Crippen LogP contribution in [0.4, 0.5) is 19.0 Å². The fraction of sp³-hybridized carbons (Fsp3) is 0.583. The second kappa shape index (κ2) is 4.99. The van der Waals surface area contributed by atoms with E-state index in [4.69, 9.17) is 0 Å². The Morgan fingerprint density at radius 1 is 1.44 bits per heavy atom. The first-order valence-electron chi connectivity index (χ1n) is 5.78. The van der Waals surface area contributed by atoms with Crippen LogP contribution in [0.15, 0.2) is 18.3 Å². The molecule has 6 heteroatoms. The van der Waals surface area contributed by atoms with Gasteiger partial charge in [0.15, 0.2) is 0 Å². The quantitative estimate of drug-likeness (QED) is 0.905.